The molecular formula is C12H24K4N2O8. The minimum atomic E-state index is -1.22. The maximum absolute atomic E-state index is 10.8. The van der Waals surface area contributed by atoms with Gasteiger partial charge in [0.1, 0.15) is 0 Å². The van der Waals surface area contributed by atoms with Crippen LogP contribution >= 0.6 is 0 Å². The van der Waals surface area contributed by atoms with Gasteiger partial charge in [0.25, 0.3) is 0 Å². The fourth-order valence-corrected chi connectivity index (χ4v) is 2.03. The van der Waals surface area contributed by atoms with E-state index in [4.69, 9.17) is 20.4 Å². The van der Waals surface area contributed by atoms with Gasteiger partial charge in [0.15, 0.2) is 0 Å². The molecule has 0 radical (unpaired) electrons. The molecule has 14 heteroatoms. The zero-order valence-corrected chi connectivity index (χ0v) is 12.1. The zero-order chi connectivity index (χ0) is 17.3. The summed E-state index contributed by atoms with van der Waals surface area (Å²) in [5, 5.41) is 35.2. The summed E-state index contributed by atoms with van der Waals surface area (Å²) < 4.78 is 0. The van der Waals surface area contributed by atoms with Crippen LogP contribution in [0.2, 0.25) is 0 Å². The molecule has 0 amide bonds. The third-order valence-electron chi connectivity index (χ3n) is 2.85. The molecule has 0 saturated heterocycles. The molecule has 1 unspecified atom stereocenters. The van der Waals surface area contributed by atoms with Gasteiger partial charge in [-0.15, -0.1) is 0 Å². The number of carboxylic acid groups (broad SMARTS) is 4. The first kappa shape index (κ1) is 40.7. The number of carbonyl (C=O) groups is 4. The molecule has 0 aliphatic carbocycles. The normalized spacial score (nSPS) is 10.4. The Hall–Kier alpha value is 4.35. The van der Waals surface area contributed by atoms with Crippen molar-refractivity contribution in [2.24, 2.45) is 0 Å². The average Bonchev–Trinajstić information content (AvgIpc) is 2.32. The third kappa shape index (κ3) is 23.0. The van der Waals surface area contributed by atoms with Crippen LogP contribution in [0.1, 0.15) is 13.3 Å². The van der Waals surface area contributed by atoms with E-state index in [0.717, 1.165) is 4.90 Å². The van der Waals surface area contributed by atoms with Gasteiger partial charge < -0.3 is 20.4 Å². The zero-order valence-electron chi connectivity index (χ0n) is 12.1. The quantitative estimate of drug-likeness (QED) is 0.204. The van der Waals surface area contributed by atoms with Gasteiger partial charge >= 0.3 is 229 Å². The molecule has 0 saturated carbocycles. The van der Waals surface area contributed by atoms with Gasteiger partial charge in [-0.05, 0) is 6.42 Å². The summed E-state index contributed by atoms with van der Waals surface area (Å²) in [6, 6.07) is -0.592. The van der Waals surface area contributed by atoms with Crippen LogP contribution in [0.4, 0.5) is 0 Å². The Morgan fingerprint density at radius 2 is 1.00 bits per heavy atom. The van der Waals surface area contributed by atoms with Crippen molar-refractivity contribution < 1.29 is 39.6 Å². The fraction of sp³-hybridized carbons (Fsp3) is 0.667. The minimum absolute atomic E-state index is 0. The second kappa shape index (κ2) is 24.0. The van der Waals surface area contributed by atoms with E-state index < -0.39 is 56.1 Å². The van der Waals surface area contributed by atoms with E-state index in [0.29, 0.717) is 6.42 Å². The summed E-state index contributed by atoms with van der Waals surface area (Å²) in [7, 11) is 0. The van der Waals surface area contributed by atoms with Crippen molar-refractivity contribution >= 4 is 229 Å². The van der Waals surface area contributed by atoms with Crippen molar-refractivity contribution in [2.75, 3.05) is 32.7 Å². The van der Waals surface area contributed by atoms with E-state index >= 15 is 0 Å². The second-order valence-corrected chi connectivity index (χ2v) is 4.71. The molecule has 0 spiro atoms. The number of carboxylic acids is 4. The molecule has 26 heavy (non-hydrogen) atoms. The van der Waals surface area contributed by atoms with Crippen molar-refractivity contribution in [3.63, 3.8) is 0 Å². The molecule has 0 rings (SSSR count). The van der Waals surface area contributed by atoms with Crippen molar-refractivity contribution in [1.29, 1.82) is 0 Å². The van der Waals surface area contributed by atoms with Gasteiger partial charge in [-0.25, -0.2) is 0 Å². The summed E-state index contributed by atoms with van der Waals surface area (Å²) in [6.07, 6.45) is 0.344. The fourth-order valence-electron chi connectivity index (χ4n) is 2.03. The Kier molecular flexibility index (Phi) is 37.5. The van der Waals surface area contributed by atoms with E-state index in [9.17, 15) is 19.2 Å². The predicted molar refractivity (Wildman–Crippen MR) is 101 cm³/mol. The summed E-state index contributed by atoms with van der Waals surface area (Å²) in [6.45, 7) is -0.498. The number of aliphatic carboxylic acids is 4. The van der Waals surface area contributed by atoms with Crippen molar-refractivity contribution in [3.05, 3.63) is 0 Å². The monoisotopic (exact) mass is 480 g/mol. The van der Waals surface area contributed by atoms with Gasteiger partial charge in [0, 0.05) is 12.6 Å². The molecule has 0 aliphatic rings. The summed E-state index contributed by atoms with van der Waals surface area (Å²) in [4.78, 5) is 45.4. The van der Waals surface area contributed by atoms with Crippen LogP contribution in [-0.2, 0) is 19.2 Å². The molecular weight excluding hydrogens is 457 g/mol. The molecule has 0 aromatic heterocycles. The number of rotatable bonds is 12. The van der Waals surface area contributed by atoms with Crippen molar-refractivity contribution in [2.45, 2.75) is 19.4 Å². The van der Waals surface area contributed by atoms with Crippen LogP contribution in [-0.4, -0.2) is 298 Å². The van der Waals surface area contributed by atoms with E-state index in [2.05, 4.69) is 0 Å². The first-order chi connectivity index (χ1) is 10.1. The molecule has 4 N–H and O–H groups in total. The van der Waals surface area contributed by atoms with E-state index in [1.807, 2.05) is 0 Å². The first-order valence-electron chi connectivity index (χ1n) is 6.49. The van der Waals surface area contributed by atoms with Crippen LogP contribution in [0.3, 0.4) is 0 Å². The molecule has 134 valence electrons. The molecule has 0 aromatic rings. The SMILES string of the molecule is CCC(CN(CC(=O)O)CC(=O)O)N(CC(=O)O)CC(=O)O.[KH].[KH].[KH].[KH]. The van der Waals surface area contributed by atoms with E-state index in [1.165, 1.54) is 4.90 Å². The van der Waals surface area contributed by atoms with Crippen molar-refractivity contribution in [1.82, 2.24) is 9.80 Å². The van der Waals surface area contributed by atoms with Gasteiger partial charge in [-0.3, -0.25) is 29.0 Å². The first-order valence-corrected chi connectivity index (χ1v) is 6.49. The summed E-state index contributed by atoms with van der Waals surface area (Å²) >= 11 is 0. The molecule has 0 aromatic carbocycles. The summed E-state index contributed by atoms with van der Waals surface area (Å²) in [5.41, 5.74) is 0. The van der Waals surface area contributed by atoms with E-state index in [1.54, 1.807) is 6.92 Å². The Balaban J connectivity index is -0.000000367. The molecule has 10 nitrogen and oxygen atoms in total. The standard InChI is InChI=1S/C12H20N2O8.4K.4H/c1-2-8(14(6-11(19)20)7-12(21)22)3-13(4-9(15)16)5-10(17)18;;;;;;;;/h8H,2-7H2,1H3,(H,15,16)(H,17,18)(H,19,20)(H,21,22);;;;;;;;. The second-order valence-electron chi connectivity index (χ2n) is 4.71. The number of hydrogen-bond acceptors (Lipinski definition) is 6. The van der Waals surface area contributed by atoms with Crippen LogP contribution in [0.15, 0.2) is 0 Å². The van der Waals surface area contributed by atoms with Crippen LogP contribution in [0.5, 0.6) is 0 Å². The van der Waals surface area contributed by atoms with Gasteiger partial charge in [0.05, 0.1) is 26.2 Å². The van der Waals surface area contributed by atoms with Crippen LogP contribution in [0.25, 0.3) is 0 Å². The maximum atomic E-state index is 10.8. The van der Waals surface area contributed by atoms with Gasteiger partial charge in [0.2, 0.25) is 0 Å². The van der Waals surface area contributed by atoms with Gasteiger partial charge in [-0.1, -0.05) is 6.92 Å². The Bertz CT molecular complexity index is 409. The van der Waals surface area contributed by atoms with Gasteiger partial charge in [-0.2, -0.15) is 0 Å². The predicted octanol–water partition coefficient (Wildman–Crippen LogP) is -3.89. The van der Waals surface area contributed by atoms with E-state index in [-0.39, 0.29) is 212 Å². The number of nitrogens with zero attached hydrogens (tertiary/aromatic N) is 2. The molecule has 0 bridgehead atoms. The summed E-state index contributed by atoms with van der Waals surface area (Å²) in [5.74, 6) is -4.89. The van der Waals surface area contributed by atoms with Crippen LogP contribution in [0, 0.1) is 0 Å². The Labute approximate surface area is 322 Å². The van der Waals surface area contributed by atoms with Crippen LogP contribution < -0.4 is 0 Å². The topological polar surface area (TPSA) is 156 Å². The average molecular weight is 481 g/mol. The third-order valence-corrected chi connectivity index (χ3v) is 2.85. The Morgan fingerprint density at radius 1 is 0.692 bits per heavy atom. The molecule has 0 fully saturated rings. The van der Waals surface area contributed by atoms with Crippen molar-refractivity contribution in [3.8, 4) is 0 Å². The molecule has 0 aliphatic heterocycles. The molecule has 0 heterocycles. The molecule has 1 atom stereocenters. The number of hydrogen-bond donors (Lipinski definition) is 4. The Morgan fingerprint density at radius 3 is 1.23 bits per heavy atom.